The number of nitrogens with one attached hydrogen (secondary N) is 1. The van der Waals surface area contributed by atoms with E-state index in [1.165, 1.54) is 5.56 Å². The van der Waals surface area contributed by atoms with Crippen LogP contribution < -0.4 is 10.1 Å². The summed E-state index contributed by atoms with van der Waals surface area (Å²) in [6.07, 6.45) is 2.15. The minimum absolute atomic E-state index is 0.243. The fraction of sp³-hybridized carbons (Fsp3) is 0.571. The van der Waals surface area contributed by atoms with E-state index in [1.54, 1.807) is 19.2 Å². The van der Waals surface area contributed by atoms with E-state index in [1.807, 2.05) is 6.07 Å². The molecule has 1 heterocycles. The van der Waals surface area contributed by atoms with Gasteiger partial charge in [-0.3, -0.25) is 0 Å². The lowest BCUT2D eigenvalue weighted by Crippen LogP contribution is -2.41. The minimum Gasteiger partial charge on any atom is -0.435 e. The van der Waals surface area contributed by atoms with Gasteiger partial charge in [-0.15, -0.1) is 0 Å². The third-order valence-electron chi connectivity index (χ3n) is 4.09. The first-order valence-electron chi connectivity index (χ1n) is 6.51. The molecule has 0 bridgehead atoms. The van der Waals surface area contributed by atoms with Crippen molar-refractivity contribution in [2.45, 2.75) is 31.6 Å². The zero-order chi connectivity index (χ0) is 13.4. The second-order valence-electron chi connectivity index (χ2n) is 5.18. The highest BCUT2D eigenvalue weighted by atomic mass is 19.3. The lowest BCUT2D eigenvalue weighted by atomic mass is 9.90. The van der Waals surface area contributed by atoms with Gasteiger partial charge >= 0.3 is 6.61 Å². The van der Waals surface area contributed by atoms with Gasteiger partial charge in [0.25, 0.3) is 0 Å². The lowest BCUT2D eigenvalue weighted by molar-refractivity contribution is -0.0498. The predicted molar refractivity (Wildman–Crippen MR) is 66.4 cm³/mol. The fourth-order valence-electron chi connectivity index (χ4n) is 3.25. The Bertz CT molecular complexity index is 467. The Balaban J connectivity index is 1.79. The lowest BCUT2D eigenvalue weighted by Gasteiger charge is -2.32. The number of alkyl halides is 2. The summed E-state index contributed by atoms with van der Waals surface area (Å²) in [6, 6.07) is 5.58. The molecule has 0 radical (unpaired) electrons. The fourth-order valence-corrected chi connectivity index (χ4v) is 3.25. The number of hydrogen-bond donors (Lipinski definition) is 1. The number of fused-ring (bicyclic) bond motifs is 3. The van der Waals surface area contributed by atoms with Crippen LogP contribution in [0.2, 0.25) is 0 Å². The standard InChI is InChI=1S/C14H17F2NO2/c1-18-11-6-9-4-8-5-10(19-14(15)16)2-3-12(8)13(9)17-7-11/h2-3,5,9,11,13-14,17H,4,6-7H2,1H3/t9-,11-,13+/m0/s1. The summed E-state index contributed by atoms with van der Waals surface area (Å²) in [5, 5.41) is 3.48. The number of ether oxygens (including phenoxy) is 2. The number of rotatable bonds is 3. The first-order valence-corrected chi connectivity index (χ1v) is 6.51. The van der Waals surface area contributed by atoms with Crippen LogP contribution in [-0.4, -0.2) is 26.4 Å². The van der Waals surface area contributed by atoms with E-state index in [-0.39, 0.29) is 11.9 Å². The molecule has 0 spiro atoms. The average Bonchev–Trinajstić information content (AvgIpc) is 2.74. The molecule has 104 valence electrons. The van der Waals surface area contributed by atoms with Crippen LogP contribution >= 0.6 is 0 Å². The summed E-state index contributed by atoms with van der Waals surface area (Å²) >= 11 is 0. The van der Waals surface area contributed by atoms with E-state index < -0.39 is 6.61 Å². The van der Waals surface area contributed by atoms with Crippen LogP contribution in [0.5, 0.6) is 5.75 Å². The second kappa shape index (κ2) is 5.06. The quantitative estimate of drug-likeness (QED) is 0.914. The highest BCUT2D eigenvalue weighted by Crippen LogP contribution is 2.42. The van der Waals surface area contributed by atoms with Gasteiger partial charge in [-0.2, -0.15) is 8.78 Å². The van der Waals surface area contributed by atoms with Crippen LogP contribution in [0.4, 0.5) is 8.78 Å². The molecule has 1 N–H and O–H groups in total. The molecule has 0 unspecified atom stereocenters. The van der Waals surface area contributed by atoms with Crippen molar-refractivity contribution in [3.63, 3.8) is 0 Å². The molecule has 1 saturated heterocycles. The molecule has 0 aromatic heterocycles. The predicted octanol–water partition coefficient (Wildman–Crippen LogP) is 2.51. The van der Waals surface area contributed by atoms with Crippen molar-refractivity contribution in [2.24, 2.45) is 5.92 Å². The molecule has 3 atom stereocenters. The SMILES string of the molecule is CO[C@@H]1CN[C@H]2c3ccc(OC(F)F)cc3C[C@H]2C1. The smallest absolute Gasteiger partial charge is 0.387 e. The maximum atomic E-state index is 12.2. The van der Waals surface area contributed by atoms with Gasteiger partial charge in [0.15, 0.2) is 0 Å². The average molecular weight is 269 g/mol. The van der Waals surface area contributed by atoms with Gasteiger partial charge in [0, 0.05) is 19.7 Å². The molecule has 5 heteroatoms. The summed E-state index contributed by atoms with van der Waals surface area (Å²) in [7, 11) is 1.73. The Morgan fingerprint density at radius 3 is 2.95 bits per heavy atom. The highest BCUT2D eigenvalue weighted by molar-refractivity contribution is 5.42. The van der Waals surface area contributed by atoms with Gasteiger partial charge in [0.05, 0.1) is 6.10 Å². The van der Waals surface area contributed by atoms with Crippen LogP contribution in [-0.2, 0) is 11.2 Å². The minimum atomic E-state index is -2.77. The van der Waals surface area contributed by atoms with Crippen LogP contribution in [0.1, 0.15) is 23.6 Å². The zero-order valence-electron chi connectivity index (χ0n) is 10.7. The molecule has 1 aliphatic carbocycles. The summed E-state index contributed by atoms with van der Waals surface area (Å²) in [6.45, 7) is -1.93. The highest BCUT2D eigenvalue weighted by Gasteiger charge is 2.37. The molecule has 3 rings (SSSR count). The molecule has 3 nitrogen and oxygen atoms in total. The van der Waals surface area contributed by atoms with Crippen LogP contribution in [0, 0.1) is 5.92 Å². The molecule has 0 amide bonds. The van der Waals surface area contributed by atoms with Crippen molar-refractivity contribution in [2.75, 3.05) is 13.7 Å². The van der Waals surface area contributed by atoms with Crippen molar-refractivity contribution in [3.8, 4) is 5.75 Å². The third kappa shape index (κ3) is 2.44. The van der Waals surface area contributed by atoms with Crippen molar-refractivity contribution in [1.29, 1.82) is 0 Å². The molecule has 1 aromatic carbocycles. The second-order valence-corrected chi connectivity index (χ2v) is 5.18. The third-order valence-corrected chi connectivity index (χ3v) is 4.09. The maximum absolute atomic E-state index is 12.2. The van der Waals surface area contributed by atoms with Gasteiger partial charge in [0.2, 0.25) is 0 Å². The van der Waals surface area contributed by atoms with Gasteiger partial charge in [-0.25, -0.2) is 0 Å². The molecular weight excluding hydrogens is 252 g/mol. The molecule has 1 fully saturated rings. The van der Waals surface area contributed by atoms with E-state index in [0.717, 1.165) is 24.9 Å². The Hall–Kier alpha value is -1.20. The zero-order valence-corrected chi connectivity index (χ0v) is 10.7. The number of piperidine rings is 1. The molecule has 1 aliphatic heterocycles. The van der Waals surface area contributed by atoms with Gasteiger partial charge in [-0.1, -0.05) is 6.07 Å². The number of halogens is 2. The Morgan fingerprint density at radius 2 is 2.21 bits per heavy atom. The summed E-state index contributed by atoms with van der Waals surface area (Å²) < 4.78 is 34.3. The van der Waals surface area contributed by atoms with Gasteiger partial charge in [-0.05, 0) is 42.0 Å². The number of methoxy groups -OCH3 is 1. The van der Waals surface area contributed by atoms with Gasteiger partial charge < -0.3 is 14.8 Å². The normalized spacial score (nSPS) is 29.2. The van der Waals surface area contributed by atoms with E-state index in [0.29, 0.717) is 12.0 Å². The first-order chi connectivity index (χ1) is 9.17. The Morgan fingerprint density at radius 1 is 1.37 bits per heavy atom. The monoisotopic (exact) mass is 269 g/mol. The van der Waals surface area contributed by atoms with E-state index in [2.05, 4.69) is 10.1 Å². The van der Waals surface area contributed by atoms with Crippen LogP contribution in [0.3, 0.4) is 0 Å². The Labute approximate surface area is 110 Å². The van der Waals surface area contributed by atoms with E-state index in [4.69, 9.17) is 4.74 Å². The van der Waals surface area contributed by atoms with Crippen LogP contribution in [0.25, 0.3) is 0 Å². The Kier molecular flexibility index (Phi) is 3.41. The van der Waals surface area contributed by atoms with Crippen molar-refractivity contribution >= 4 is 0 Å². The molecule has 19 heavy (non-hydrogen) atoms. The molecular formula is C14H17F2NO2. The maximum Gasteiger partial charge on any atom is 0.387 e. The summed E-state index contributed by atoms with van der Waals surface area (Å²) in [5.74, 6) is 0.728. The van der Waals surface area contributed by atoms with E-state index in [9.17, 15) is 8.78 Å². The van der Waals surface area contributed by atoms with E-state index >= 15 is 0 Å². The molecule has 2 aliphatic rings. The summed E-state index contributed by atoms with van der Waals surface area (Å²) in [5.41, 5.74) is 2.32. The summed E-state index contributed by atoms with van der Waals surface area (Å²) in [4.78, 5) is 0. The van der Waals surface area contributed by atoms with Crippen molar-refractivity contribution in [3.05, 3.63) is 29.3 Å². The van der Waals surface area contributed by atoms with Crippen molar-refractivity contribution < 1.29 is 18.3 Å². The number of hydrogen-bond acceptors (Lipinski definition) is 3. The molecule has 1 aromatic rings. The van der Waals surface area contributed by atoms with Gasteiger partial charge in [0.1, 0.15) is 5.75 Å². The van der Waals surface area contributed by atoms with Crippen molar-refractivity contribution in [1.82, 2.24) is 5.32 Å². The van der Waals surface area contributed by atoms with Crippen LogP contribution in [0.15, 0.2) is 18.2 Å². The number of benzene rings is 1. The largest absolute Gasteiger partial charge is 0.435 e. The molecule has 0 saturated carbocycles. The first kappa shape index (κ1) is 12.8. The topological polar surface area (TPSA) is 30.5 Å².